The summed E-state index contributed by atoms with van der Waals surface area (Å²) in [6, 6.07) is 0.551. The van der Waals surface area contributed by atoms with Crippen molar-refractivity contribution < 1.29 is 0 Å². The molecule has 1 rings (SSSR count). The fourth-order valence-corrected chi connectivity index (χ4v) is 1.82. The third-order valence-electron chi connectivity index (χ3n) is 2.83. The molecule has 4 nitrogen and oxygen atoms in total. The Labute approximate surface area is 86.6 Å². The first-order chi connectivity index (χ1) is 6.74. The summed E-state index contributed by atoms with van der Waals surface area (Å²) < 4.78 is 0. The Morgan fingerprint density at radius 1 is 1.43 bits per heavy atom. The van der Waals surface area contributed by atoms with Crippen molar-refractivity contribution in [2.24, 2.45) is 10.7 Å². The average molecular weight is 198 g/mol. The van der Waals surface area contributed by atoms with Gasteiger partial charge in [0.1, 0.15) is 0 Å². The van der Waals surface area contributed by atoms with Crippen molar-refractivity contribution in [3.05, 3.63) is 0 Å². The predicted molar refractivity (Wildman–Crippen MR) is 60.4 cm³/mol. The van der Waals surface area contributed by atoms with E-state index in [-0.39, 0.29) is 0 Å². The second kappa shape index (κ2) is 5.86. The van der Waals surface area contributed by atoms with E-state index in [9.17, 15) is 0 Å². The number of hydrogen-bond donors (Lipinski definition) is 2. The van der Waals surface area contributed by atoms with E-state index in [0.717, 1.165) is 6.54 Å². The Morgan fingerprint density at radius 3 is 2.64 bits per heavy atom. The Balaban J connectivity index is 2.22. The van der Waals surface area contributed by atoms with E-state index in [4.69, 9.17) is 5.73 Å². The van der Waals surface area contributed by atoms with E-state index < -0.39 is 0 Å². The van der Waals surface area contributed by atoms with Gasteiger partial charge >= 0.3 is 0 Å². The molecule has 1 aliphatic rings. The molecule has 0 amide bonds. The number of nitrogens with two attached hydrogens (primary N) is 1. The summed E-state index contributed by atoms with van der Waals surface area (Å²) in [5.74, 6) is 0.536. The molecule has 0 aromatic heterocycles. The predicted octanol–water partition coefficient (Wildman–Crippen LogP) is 0.395. The molecule has 3 N–H and O–H groups in total. The molecule has 0 radical (unpaired) electrons. The zero-order valence-corrected chi connectivity index (χ0v) is 9.29. The summed E-state index contributed by atoms with van der Waals surface area (Å²) in [5.41, 5.74) is 5.57. The van der Waals surface area contributed by atoms with Gasteiger partial charge in [-0.3, -0.25) is 9.89 Å². The van der Waals surface area contributed by atoms with Crippen molar-refractivity contribution in [1.82, 2.24) is 10.2 Å². The molecule has 1 saturated heterocycles. The van der Waals surface area contributed by atoms with Crippen molar-refractivity contribution in [3.8, 4) is 0 Å². The number of rotatable bonds is 3. The lowest BCUT2D eigenvalue weighted by Crippen LogP contribution is -2.46. The van der Waals surface area contributed by atoms with Crippen LogP contribution >= 0.6 is 0 Å². The number of likely N-dealkylation sites (tertiary alicyclic amines) is 1. The monoisotopic (exact) mass is 198 g/mol. The van der Waals surface area contributed by atoms with E-state index >= 15 is 0 Å². The quantitative estimate of drug-likeness (QED) is 0.510. The fourth-order valence-electron chi connectivity index (χ4n) is 1.82. The molecule has 1 fully saturated rings. The van der Waals surface area contributed by atoms with Gasteiger partial charge in [-0.2, -0.15) is 0 Å². The largest absolute Gasteiger partial charge is 0.370 e. The second-order valence-corrected chi connectivity index (χ2v) is 3.94. The summed E-state index contributed by atoms with van der Waals surface area (Å²) >= 11 is 0. The first-order valence-electron chi connectivity index (χ1n) is 5.44. The molecule has 0 aromatic rings. The third-order valence-corrected chi connectivity index (χ3v) is 2.83. The van der Waals surface area contributed by atoms with E-state index in [1.54, 1.807) is 7.05 Å². The number of hydrogen-bond acceptors (Lipinski definition) is 2. The fraction of sp³-hybridized carbons (Fsp3) is 0.900. The molecule has 0 bridgehead atoms. The second-order valence-electron chi connectivity index (χ2n) is 3.94. The molecule has 0 spiro atoms. The lowest BCUT2D eigenvalue weighted by atomic mass is 10.1. The highest BCUT2D eigenvalue weighted by molar-refractivity contribution is 5.77. The topological polar surface area (TPSA) is 53.6 Å². The highest BCUT2D eigenvalue weighted by Crippen LogP contribution is 2.11. The van der Waals surface area contributed by atoms with Crippen LogP contribution in [0.15, 0.2) is 4.99 Å². The van der Waals surface area contributed by atoms with Gasteiger partial charge < -0.3 is 11.1 Å². The SMILES string of the molecule is CN=C(N)NCC(C)N1CCCCC1. The van der Waals surface area contributed by atoms with Gasteiger partial charge in [0.25, 0.3) is 0 Å². The van der Waals surface area contributed by atoms with Gasteiger partial charge in [-0.05, 0) is 32.9 Å². The van der Waals surface area contributed by atoms with Crippen molar-refractivity contribution >= 4 is 5.96 Å². The number of piperidine rings is 1. The van der Waals surface area contributed by atoms with Gasteiger partial charge in [0.05, 0.1) is 0 Å². The number of aliphatic imine (C=N–C) groups is 1. The Morgan fingerprint density at radius 2 is 2.07 bits per heavy atom. The Kier molecular flexibility index (Phi) is 4.73. The molecule has 14 heavy (non-hydrogen) atoms. The van der Waals surface area contributed by atoms with Crippen LogP contribution in [0.1, 0.15) is 26.2 Å². The number of guanidine groups is 1. The van der Waals surface area contributed by atoms with Crippen LogP contribution in [0.3, 0.4) is 0 Å². The van der Waals surface area contributed by atoms with Gasteiger partial charge in [0.15, 0.2) is 5.96 Å². The van der Waals surface area contributed by atoms with Crippen molar-refractivity contribution in [2.75, 3.05) is 26.7 Å². The number of nitrogens with zero attached hydrogens (tertiary/aromatic N) is 2. The van der Waals surface area contributed by atoms with Gasteiger partial charge in [0.2, 0.25) is 0 Å². The molecule has 0 aliphatic carbocycles. The minimum absolute atomic E-state index is 0.536. The van der Waals surface area contributed by atoms with Gasteiger partial charge in [-0.15, -0.1) is 0 Å². The van der Waals surface area contributed by atoms with Gasteiger partial charge in [-0.1, -0.05) is 6.42 Å². The minimum Gasteiger partial charge on any atom is -0.370 e. The van der Waals surface area contributed by atoms with E-state index in [1.165, 1.54) is 32.4 Å². The molecule has 1 unspecified atom stereocenters. The summed E-state index contributed by atoms with van der Waals surface area (Å²) in [5, 5.41) is 3.12. The van der Waals surface area contributed by atoms with Crippen LogP contribution in [0.2, 0.25) is 0 Å². The maximum atomic E-state index is 5.57. The normalized spacial score (nSPS) is 22.0. The Hall–Kier alpha value is -0.770. The third kappa shape index (κ3) is 3.54. The molecule has 0 aromatic carbocycles. The van der Waals surface area contributed by atoms with E-state index in [0.29, 0.717) is 12.0 Å². The zero-order valence-electron chi connectivity index (χ0n) is 9.29. The highest BCUT2D eigenvalue weighted by atomic mass is 15.2. The molecule has 1 heterocycles. The molecule has 0 saturated carbocycles. The zero-order chi connectivity index (χ0) is 10.4. The summed E-state index contributed by atoms with van der Waals surface area (Å²) in [6.07, 6.45) is 4.05. The first-order valence-corrected chi connectivity index (χ1v) is 5.44. The van der Waals surface area contributed by atoms with Crippen LogP contribution in [0, 0.1) is 0 Å². The van der Waals surface area contributed by atoms with E-state index in [1.807, 2.05) is 0 Å². The summed E-state index contributed by atoms with van der Waals surface area (Å²) in [6.45, 7) is 5.59. The standard InChI is InChI=1S/C10H22N4/c1-9(8-13-10(11)12-2)14-6-4-3-5-7-14/h9H,3-8H2,1-2H3,(H3,11,12,13). The van der Waals surface area contributed by atoms with Gasteiger partial charge in [-0.25, -0.2) is 0 Å². The molecule has 82 valence electrons. The smallest absolute Gasteiger partial charge is 0.188 e. The maximum Gasteiger partial charge on any atom is 0.188 e. The lowest BCUT2D eigenvalue weighted by molar-refractivity contribution is 0.174. The minimum atomic E-state index is 0.536. The number of nitrogens with one attached hydrogen (secondary N) is 1. The van der Waals surface area contributed by atoms with Crippen LogP contribution in [-0.2, 0) is 0 Å². The van der Waals surface area contributed by atoms with Crippen LogP contribution in [-0.4, -0.2) is 43.6 Å². The molecule has 4 heteroatoms. The van der Waals surface area contributed by atoms with Crippen molar-refractivity contribution in [2.45, 2.75) is 32.2 Å². The molecular weight excluding hydrogens is 176 g/mol. The Bertz CT molecular complexity index is 185. The van der Waals surface area contributed by atoms with Crippen molar-refractivity contribution in [1.29, 1.82) is 0 Å². The summed E-state index contributed by atoms with van der Waals surface area (Å²) in [7, 11) is 1.70. The first kappa shape index (κ1) is 11.3. The maximum absolute atomic E-state index is 5.57. The molecule has 1 aliphatic heterocycles. The summed E-state index contributed by atoms with van der Waals surface area (Å²) in [4.78, 5) is 6.38. The van der Waals surface area contributed by atoms with Crippen LogP contribution in [0.5, 0.6) is 0 Å². The van der Waals surface area contributed by atoms with Crippen LogP contribution in [0.25, 0.3) is 0 Å². The molecule has 1 atom stereocenters. The van der Waals surface area contributed by atoms with E-state index in [2.05, 4.69) is 22.1 Å². The average Bonchev–Trinajstić information content (AvgIpc) is 2.26. The van der Waals surface area contributed by atoms with Crippen LogP contribution in [0.4, 0.5) is 0 Å². The van der Waals surface area contributed by atoms with Crippen molar-refractivity contribution in [3.63, 3.8) is 0 Å². The lowest BCUT2D eigenvalue weighted by Gasteiger charge is -2.32. The molecular formula is C10H22N4. The highest BCUT2D eigenvalue weighted by Gasteiger charge is 2.15. The van der Waals surface area contributed by atoms with Crippen LogP contribution < -0.4 is 11.1 Å². The van der Waals surface area contributed by atoms with Gasteiger partial charge in [0, 0.05) is 19.6 Å².